The molecule has 4 fully saturated rings. The molecule has 0 unspecified atom stereocenters. The monoisotopic (exact) mass is 756 g/mol. The highest BCUT2D eigenvalue weighted by atomic mass is 15.2. The summed E-state index contributed by atoms with van der Waals surface area (Å²) in [5.41, 5.74) is 24.7. The molecule has 3 heteroatoms. The van der Waals surface area contributed by atoms with Crippen molar-refractivity contribution in [3.63, 3.8) is 0 Å². The average molecular weight is 757 g/mol. The van der Waals surface area contributed by atoms with Crippen molar-refractivity contribution >= 4 is 57.2 Å². The number of fused-ring (bicyclic) bond motifs is 21. The van der Waals surface area contributed by atoms with Gasteiger partial charge in [-0.25, -0.2) is 0 Å². The lowest BCUT2D eigenvalue weighted by Gasteiger charge is -2.45. The normalized spacial score (nSPS) is 27.5. The highest BCUT2D eigenvalue weighted by Gasteiger charge is 2.60. The summed E-state index contributed by atoms with van der Waals surface area (Å²) >= 11 is 0. The number of benzene rings is 7. The summed E-state index contributed by atoms with van der Waals surface area (Å²) in [7, 11) is 0. The van der Waals surface area contributed by atoms with Gasteiger partial charge in [-0.2, -0.15) is 0 Å². The van der Waals surface area contributed by atoms with Crippen molar-refractivity contribution < 1.29 is 0 Å². The first-order chi connectivity index (χ1) is 29.2. The van der Waals surface area contributed by atoms with Crippen LogP contribution in [0.1, 0.15) is 73.6 Å². The largest absolute Gasteiger partial charge is 0.311 e. The van der Waals surface area contributed by atoms with Crippen molar-refractivity contribution in [3.8, 4) is 22.3 Å². The minimum atomic E-state index is 0.102. The van der Waals surface area contributed by atoms with Crippen LogP contribution in [0.25, 0.3) is 22.3 Å². The maximum absolute atomic E-state index is 2.77. The van der Waals surface area contributed by atoms with Crippen LogP contribution in [0.3, 0.4) is 0 Å². The zero-order chi connectivity index (χ0) is 38.2. The van der Waals surface area contributed by atoms with Gasteiger partial charge in [-0.15, -0.1) is 0 Å². The maximum Gasteiger partial charge on any atom is 0.252 e. The SMILES string of the molecule is c1ccc(N2c3cc4c(cc3B3c5ccc6c(c5N(c5ccccc5)c5cccc2c53)-c2ccccc2[C@]62C[C@H]3CC[C@@H]2C3)[C@]2(C[C@H]3CC[C@@H]2C3)c2ccccc2-4)cc1. The molecule has 6 aliphatic carbocycles. The molecule has 0 radical (unpaired) electrons. The molecule has 7 aromatic rings. The van der Waals surface area contributed by atoms with Gasteiger partial charge in [0.2, 0.25) is 0 Å². The van der Waals surface area contributed by atoms with Crippen LogP contribution in [-0.4, -0.2) is 6.71 Å². The molecule has 59 heavy (non-hydrogen) atoms. The molecule has 4 bridgehead atoms. The lowest BCUT2D eigenvalue weighted by atomic mass is 9.33. The van der Waals surface area contributed by atoms with Crippen molar-refractivity contribution in [1.82, 2.24) is 0 Å². The van der Waals surface area contributed by atoms with Crippen LogP contribution in [0.2, 0.25) is 0 Å². The van der Waals surface area contributed by atoms with Gasteiger partial charge in [0, 0.05) is 50.5 Å². The standard InChI is InChI=1S/C56H45BN2/c1-3-12-38(13-4-1)58-49-20-11-21-50-53(49)57(48-31-46-42(30-51(48)58)40-16-7-9-18-43(40)56(46)33-35-23-25-37(56)29-35)47-27-26-45-52(54(47)59(50)39-14-5-2-6-15-39)41-17-8-10-19-44(41)55(45)32-34-22-24-36(55)28-34/h1-21,26-27,30-31,34-37H,22-25,28-29,32-33H2/t34-,35-,36+,37+,55+,56-/m0/s1. The van der Waals surface area contributed by atoms with Crippen molar-refractivity contribution in [1.29, 1.82) is 0 Å². The van der Waals surface area contributed by atoms with Crippen LogP contribution >= 0.6 is 0 Å². The summed E-state index contributed by atoms with van der Waals surface area (Å²) < 4.78 is 0. The predicted octanol–water partition coefficient (Wildman–Crippen LogP) is 11.9. The summed E-state index contributed by atoms with van der Waals surface area (Å²) in [4.78, 5) is 5.29. The van der Waals surface area contributed by atoms with E-state index in [0.29, 0.717) is 0 Å². The summed E-state index contributed by atoms with van der Waals surface area (Å²) in [5.74, 6) is 3.10. The molecule has 15 rings (SSSR count). The van der Waals surface area contributed by atoms with E-state index in [2.05, 4.69) is 161 Å². The van der Waals surface area contributed by atoms with Gasteiger partial charge in [-0.3, -0.25) is 0 Å². The molecule has 0 aromatic heterocycles. The number of para-hydroxylation sites is 2. The molecule has 2 heterocycles. The topological polar surface area (TPSA) is 6.48 Å². The molecule has 0 saturated heterocycles. The Balaban J connectivity index is 1.07. The van der Waals surface area contributed by atoms with Gasteiger partial charge in [-0.05, 0) is 160 Å². The second-order valence-corrected chi connectivity index (χ2v) is 19.6. The predicted molar refractivity (Wildman–Crippen MR) is 244 cm³/mol. The molecule has 7 aromatic carbocycles. The van der Waals surface area contributed by atoms with E-state index >= 15 is 0 Å². The lowest BCUT2D eigenvalue weighted by Crippen LogP contribution is -2.61. The smallest absolute Gasteiger partial charge is 0.252 e. The van der Waals surface area contributed by atoms with E-state index < -0.39 is 0 Å². The molecule has 2 spiro atoms. The third-order valence-corrected chi connectivity index (χ3v) is 17.4. The van der Waals surface area contributed by atoms with E-state index in [1.807, 2.05) is 0 Å². The average Bonchev–Trinajstić information content (AvgIpc) is 4.17. The Hall–Kier alpha value is -5.80. The van der Waals surface area contributed by atoms with Crippen LogP contribution in [0, 0.1) is 23.7 Å². The van der Waals surface area contributed by atoms with Crippen LogP contribution in [0.5, 0.6) is 0 Å². The fourth-order valence-corrected chi connectivity index (χ4v) is 15.5. The highest BCUT2D eigenvalue weighted by Crippen LogP contribution is 2.68. The molecule has 0 amide bonds. The van der Waals surface area contributed by atoms with Gasteiger partial charge in [0.05, 0.1) is 0 Å². The molecule has 2 nitrogen and oxygen atoms in total. The van der Waals surface area contributed by atoms with Gasteiger partial charge in [0.15, 0.2) is 0 Å². The lowest BCUT2D eigenvalue weighted by molar-refractivity contribution is 0.327. The second kappa shape index (κ2) is 11.1. The van der Waals surface area contributed by atoms with Crippen molar-refractivity contribution in [2.75, 3.05) is 9.80 Å². The number of anilines is 6. The first-order valence-corrected chi connectivity index (χ1v) is 22.6. The molecule has 4 saturated carbocycles. The Labute approximate surface area is 347 Å². The Morgan fingerprint density at radius 2 is 1.03 bits per heavy atom. The number of hydrogen-bond acceptors (Lipinski definition) is 2. The van der Waals surface area contributed by atoms with Crippen molar-refractivity contribution in [3.05, 3.63) is 174 Å². The Morgan fingerprint density at radius 1 is 0.441 bits per heavy atom. The zero-order valence-electron chi connectivity index (χ0n) is 33.4. The molecule has 2 aliphatic heterocycles. The number of nitrogens with zero attached hydrogens (tertiary/aromatic N) is 2. The minimum absolute atomic E-state index is 0.102. The van der Waals surface area contributed by atoms with E-state index in [1.54, 1.807) is 22.3 Å². The van der Waals surface area contributed by atoms with Crippen LogP contribution in [0.4, 0.5) is 34.1 Å². The van der Waals surface area contributed by atoms with E-state index in [0.717, 1.165) is 23.7 Å². The van der Waals surface area contributed by atoms with Gasteiger partial charge in [0.1, 0.15) is 0 Å². The molecule has 282 valence electrons. The van der Waals surface area contributed by atoms with Gasteiger partial charge in [0.25, 0.3) is 6.71 Å². The Bertz CT molecular complexity index is 2970. The highest BCUT2D eigenvalue weighted by molar-refractivity contribution is 7.00. The Morgan fingerprint density at radius 3 is 1.69 bits per heavy atom. The fourth-order valence-electron chi connectivity index (χ4n) is 15.5. The molecular formula is C56H45BN2. The zero-order valence-corrected chi connectivity index (χ0v) is 33.4. The van der Waals surface area contributed by atoms with E-state index in [1.165, 1.54) is 124 Å². The van der Waals surface area contributed by atoms with E-state index in [4.69, 9.17) is 0 Å². The second-order valence-electron chi connectivity index (χ2n) is 19.6. The molecule has 6 atom stereocenters. The summed E-state index contributed by atoms with van der Waals surface area (Å²) in [6.45, 7) is 0.102. The first-order valence-electron chi connectivity index (χ1n) is 22.6. The third-order valence-electron chi connectivity index (χ3n) is 17.4. The first kappa shape index (κ1) is 32.1. The van der Waals surface area contributed by atoms with Crippen LogP contribution in [-0.2, 0) is 10.8 Å². The van der Waals surface area contributed by atoms with Crippen molar-refractivity contribution in [2.24, 2.45) is 23.7 Å². The quantitative estimate of drug-likeness (QED) is 0.162. The van der Waals surface area contributed by atoms with E-state index in [9.17, 15) is 0 Å². The number of hydrogen-bond donors (Lipinski definition) is 0. The van der Waals surface area contributed by atoms with Crippen LogP contribution < -0.4 is 26.2 Å². The molecule has 8 aliphatic rings. The van der Waals surface area contributed by atoms with Crippen molar-refractivity contribution in [2.45, 2.75) is 62.2 Å². The fraction of sp³-hybridized carbons (Fsp3) is 0.250. The third kappa shape index (κ3) is 3.75. The summed E-state index contributed by atoms with van der Waals surface area (Å²) in [6, 6.07) is 59.5. The Kier molecular flexibility index (Phi) is 6.02. The maximum atomic E-state index is 2.77. The summed E-state index contributed by atoms with van der Waals surface area (Å²) in [5, 5.41) is 0. The van der Waals surface area contributed by atoms with Gasteiger partial charge >= 0.3 is 0 Å². The van der Waals surface area contributed by atoms with Gasteiger partial charge < -0.3 is 9.80 Å². The summed E-state index contributed by atoms with van der Waals surface area (Å²) in [6.07, 6.45) is 10.8. The molecular weight excluding hydrogens is 711 g/mol. The van der Waals surface area contributed by atoms with Gasteiger partial charge in [-0.1, -0.05) is 122 Å². The van der Waals surface area contributed by atoms with E-state index in [-0.39, 0.29) is 17.5 Å². The molecule has 0 N–H and O–H groups in total. The van der Waals surface area contributed by atoms with Crippen LogP contribution in [0.15, 0.2) is 152 Å². The minimum Gasteiger partial charge on any atom is -0.311 e. The number of rotatable bonds is 2.